The standard InChI is InChI=1S/C14H30N2O/c1-5-7-8-9-10-11-13(3)15-12-14(17)16(4)6-2/h13,15H,5-12H2,1-4H3. The van der Waals surface area contributed by atoms with Crippen LogP contribution in [0, 0.1) is 0 Å². The van der Waals surface area contributed by atoms with Gasteiger partial charge >= 0.3 is 0 Å². The SMILES string of the molecule is CCCCCCCC(C)NCC(=O)N(C)CC. The first-order valence-corrected chi connectivity index (χ1v) is 7.09. The fourth-order valence-corrected chi connectivity index (χ4v) is 1.73. The maximum absolute atomic E-state index is 11.6. The maximum Gasteiger partial charge on any atom is 0.236 e. The Morgan fingerprint density at radius 2 is 1.82 bits per heavy atom. The van der Waals surface area contributed by atoms with Crippen molar-refractivity contribution >= 4 is 5.91 Å². The van der Waals surface area contributed by atoms with Crippen molar-refractivity contribution in [2.75, 3.05) is 20.1 Å². The van der Waals surface area contributed by atoms with Crippen LogP contribution in [0.15, 0.2) is 0 Å². The molecule has 3 heteroatoms. The zero-order valence-electron chi connectivity index (χ0n) is 12.1. The summed E-state index contributed by atoms with van der Waals surface area (Å²) < 4.78 is 0. The summed E-state index contributed by atoms with van der Waals surface area (Å²) in [5.41, 5.74) is 0. The van der Waals surface area contributed by atoms with E-state index in [0.717, 1.165) is 6.54 Å². The van der Waals surface area contributed by atoms with Gasteiger partial charge in [-0.25, -0.2) is 0 Å². The van der Waals surface area contributed by atoms with Gasteiger partial charge in [0.05, 0.1) is 6.54 Å². The highest BCUT2D eigenvalue weighted by Crippen LogP contribution is 2.06. The van der Waals surface area contributed by atoms with Gasteiger partial charge in [-0.15, -0.1) is 0 Å². The second-order valence-corrected chi connectivity index (χ2v) is 4.89. The number of rotatable bonds is 10. The smallest absolute Gasteiger partial charge is 0.236 e. The van der Waals surface area contributed by atoms with Crippen LogP contribution in [-0.4, -0.2) is 37.0 Å². The average molecular weight is 242 g/mol. The summed E-state index contributed by atoms with van der Waals surface area (Å²) in [4.78, 5) is 13.3. The number of nitrogens with zero attached hydrogens (tertiary/aromatic N) is 1. The number of hydrogen-bond donors (Lipinski definition) is 1. The number of hydrogen-bond acceptors (Lipinski definition) is 2. The van der Waals surface area contributed by atoms with Crippen LogP contribution >= 0.6 is 0 Å². The number of amides is 1. The van der Waals surface area contributed by atoms with Crippen LogP contribution in [-0.2, 0) is 4.79 Å². The zero-order valence-corrected chi connectivity index (χ0v) is 12.1. The molecule has 0 aliphatic heterocycles. The Morgan fingerprint density at radius 3 is 2.41 bits per heavy atom. The number of nitrogens with one attached hydrogen (secondary N) is 1. The van der Waals surface area contributed by atoms with Gasteiger partial charge < -0.3 is 10.2 Å². The van der Waals surface area contributed by atoms with Gasteiger partial charge in [0.2, 0.25) is 5.91 Å². The lowest BCUT2D eigenvalue weighted by Crippen LogP contribution is -2.38. The topological polar surface area (TPSA) is 32.3 Å². The highest BCUT2D eigenvalue weighted by molar-refractivity contribution is 5.77. The number of likely N-dealkylation sites (N-methyl/N-ethyl adjacent to an activating group) is 1. The quantitative estimate of drug-likeness (QED) is 0.597. The van der Waals surface area contributed by atoms with Crippen LogP contribution < -0.4 is 5.32 Å². The van der Waals surface area contributed by atoms with Gasteiger partial charge in [0.25, 0.3) is 0 Å². The Kier molecular flexibility index (Phi) is 10.2. The van der Waals surface area contributed by atoms with Gasteiger partial charge in [-0.05, 0) is 20.3 Å². The van der Waals surface area contributed by atoms with Crippen LogP contribution in [0.4, 0.5) is 0 Å². The predicted molar refractivity (Wildman–Crippen MR) is 74.2 cm³/mol. The number of unbranched alkanes of at least 4 members (excludes halogenated alkanes) is 4. The Balaban J connectivity index is 3.46. The van der Waals surface area contributed by atoms with Crippen molar-refractivity contribution in [2.45, 2.75) is 65.3 Å². The minimum Gasteiger partial charge on any atom is -0.345 e. The average Bonchev–Trinajstić information content (AvgIpc) is 2.34. The zero-order chi connectivity index (χ0) is 13.1. The van der Waals surface area contributed by atoms with E-state index in [-0.39, 0.29) is 5.91 Å². The van der Waals surface area contributed by atoms with Crippen LogP contribution in [0.1, 0.15) is 59.3 Å². The molecule has 0 aromatic heterocycles. The van der Waals surface area contributed by atoms with E-state index in [1.165, 1.54) is 38.5 Å². The third-order valence-corrected chi connectivity index (χ3v) is 3.24. The Hall–Kier alpha value is -0.570. The first kappa shape index (κ1) is 16.4. The summed E-state index contributed by atoms with van der Waals surface area (Å²) in [5, 5.41) is 3.30. The molecule has 0 saturated carbocycles. The monoisotopic (exact) mass is 242 g/mol. The van der Waals surface area contributed by atoms with Crippen molar-refractivity contribution in [3.8, 4) is 0 Å². The molecular formula is C14H30N2O. The fraction of sp³-hybridized carbons (Fsp3) is 0.929. The summed E-state index contributed by atoms with van der Waals surface area (Å²) in [6.07, 6.45) is 7.76. The lowest BCUT2D eigenvalue weighted by molar-refractivity contribution is -0.128. The number of carbonyl (C=O) groups is 1. The molecule has 0 aromatic carbocycles. The highest BCUT2D eigenvalue weighted by Gasteiger charge is 2.08. The van der Waals surface area contributed by atoms with E-state index in [9.17, 15) is 4.79 Å². The molecule has 102 valence electrons. The molecule has 1 amide bonds. The highest BCUT2D eigenvalue weighted by atomic mass is 16.2. The molecule has 0 fully saturated rings. The van der Waals surface area contributed by atoms with Crippen LogP contribution in [0.5, 0.6) is 0 Å². The Labute approximate surface area is 107 Å². The summed E-state index contributed by atoms with van der Waals surface area (Å²) in [6, 6.07) is 0.450. The number of carbonyl (C=O) groups excluding carboxylic acids is 1. The van der Waals surface area contributed by atoms with Crippen LogP contribution in [0.25, 0.3) is 0 Å². The molecule has 1 atom stereocenters. The van der Waals surface area contributed by atoms with Crippen molar-refractivity contribution in [3.05, 3.63) is 0 Å². The summed E-state index contributed by atoms with van der Waals surface area (Å²) >= 11 is 0. The second-order valence-electron chi connectivity index (χ2n) is 4.89. The molecule has 0 heterocycles. The molecule has 0 aliphatic rings. The summed E-state index contributed by atoms with van der Waals surface area (Å²) in [5.74, 6) is 0.185. The van der Waals surface area contributed by atoms with Crippen molar-refractivity contribution in [2.24, 2.45) is 0 Å². The Morgan fingerprint density at radius 1 is 1.18 bits per heavy atom. The van der Waals surface area contributed by atoms with Crippen molar-refractivity contribution in [1.82, 2.24) is 10.2 Å². The van der Waals surface area contributed by atoms with Crippen LogP contribution in [0.2, 0.25) is 0 Å². The van der Waals surface area contributed by atoms with Crippen LogP contribution in [0.3, 0.4) is 0 Å². The molecule has 1 N–H and O–H groups in total. The van der Waals surface area contributed by atoms with Gasteiger partial charge in [-0.3, -0.25) is 4.79 Å². The molecule has 1 unspecified atom stereocenters. The summed E-state index contributed by atoms with van der Waals surface area (Å²) in [7, 11) is 1.85. The van der Waals surface area contributed by atoms with Gasteiger partial charge in [0, 0.05) is 19.6 Å². The second kappa shape index (κ2) is 10.6. The van der Waals surface area contributed by atoms with Gasteiger partial charge in [0.15, 0.2) is 0 Å². The van der Waals surface area contributed by atoms with E-state index in [1.807, 2.05) is 14.0 Å². The minimum atomic E-state index is 0.185. The van der Waals surface area contributed by atoms with Gasteiger partial charge in [-0.1, -0.05) is 39.0 Å². The third-order valence-electron chi connectivity index (χ3n) is 3.24. The van der Waals surface area contributed by atoms with E-state index in [4.69, 9.17) is 0 Å². The minimum absolute atomic E-state index is 0.185. The molecular weight excluding hydrogens is 212 g/mol. The molecule has 0 saturated heterocycles. The van der Waals surface area contributed by atoms with Gasteiger partial charge in [-0.2, -0.15) is 0 Å². The molecule has 0 radical (unpaired) electrons. The molecule has 0 rings (SSSR count). The molecule has 0 aromatic rings. The van der Waals surface area contributed by atoms with E-state index in [1.54, 1.807) is 4.90 Å². The lowest BCUT2D eigenvalue weighted by Gasteiger charge is -2.18. The molecule has 3 nitrogen and oxygen atoms in total. The normalized spacial score (nSPS) is 12.5. The van der Waals surface area contributed by atoms with Crippen molar-refractivity contribution < 1.29 is 4.79 Å². The molecule has 0 bridgehead atoms. The summed E-state index contributed by atoms with van der Waals surface area (Å²) in [6.45, 7) is 7.65. The lowest BCUT2D eigenvalue weighted by atomic mass is 10.1. The fourth-order valence-electron chi connectivity index (χ4n) is 1.73. The molecule has 0 aliphatic carbocycles. The predicted octanol–water partition coefficient (Wildman–Crippen LogP) is 2.80. The maximum atomic E-state index is 11.6. The molecule has 17 heavy (non-hydrogen) atoms. The van der Waals surface area contributed by atoms with Crippen molar-refractivity contribution in [3.63, 3.8) is 0 Å². The van der Waals surface area contributed by atoms with E-state index in [2.05, 4.69) is 19.2 Å². The third kappa shape index (κ3) is 9.16. The van der Waals surface area contributed by atoms with E-state index < -0.39 is 0 Å². The largest absolute Gasteiger partial charge is 0.345 e. The van der Waals surface area contributed by atoms with E-state index in [0.29, 0.717) is 12.6 Å². The Bertz CT molecular complexity index is 195. The molecule has 0 spiro atoms. The first-order valence-electron chi connectivity index (χ1n) is 7.09. The van der Waals surface area contributed by atoms with E-state index >= 15 is 0 Å². The van der Waals surface area contributed by atoms with Gasteiger partial charge in [0.1, 0.15) is 0 Å². The van der Waals surface area contributed by atoms with Crippen molar-refractivity contribution in [1.29, 1.82) is 0 Å². The first-order chi connectivity index (χ1) is 8.11.